The number of carbonyl (C=O) groups excluding carboxylic acids is 2. The first-order valence-corrected chi connectivity index (χ1v) is 6.10. The van der Waals surface area contributed by atoms with Crippen LogP contribution in [0.25, 0.3) is 10.9 Å². The van der Waals surface area contributed by atoms with Gasteiger partial charge in [-0.1, -0.05) is 6.04 Å². The molecule has 1 saturated carbocycles. The van der Waals surface area contributed by atoms with Crippen LogP contribution in [0.15, 0.2) is 22.9 Å². The van der Waals surface area contributed by atoms with E-state index in [1.807, 2.05) is 0 Å². The van der Waals surface area contributed by atoms with Crippen molar-refractivity contribution in [3.05, 3.63) is 34.3 Å². The summed E-state index contributed by atoms with van der Waals surface area (Å²) in [4.78, 5) is 41.1. The van der Waals surface area contributed by atoms with Crippen molar-refractivity contribution in [3.8, 4) is 0 Å². The molecule has 3 rings (SSSR count). The van der Waals surface area contributed by atoms with Crippen LogP contribution < -0.4 is 11.3 Å². The van der Waals surface area contributed by atoms with Crippen molar-refractivity contribution in [2.24, 2.45) is 0 Å². The fraction of sp³-hybridized carbons (Fsp3) is 0.333. The van der Waals surface area contributed by atoms with Crippen molar-refractivity contribution in [1.82, 2.24) is 9.55 Å². The van der Waals surface area contributed by atoms with Crippen molar-refractivity contribution >= 4 is 28.2 Å². The Morgan fingerprint density at radius 3 is 3.14 bits per heavy atom. The molecule has 0 spiro atoms. The SMILES string of the molecule is [2H]c1cc(N)c2c(=O)n(C3([2H])CC([2H])C(=O)CC3=O)c(C([2H])([2H])[2H])nc2c1[2H]. The van der Waals surface area contributed by atoms with E-state index in [-0.39, 0.29) is 11.7 Å². The standard InChI is InChI=1S/C15H15N3O3/c1-8-17-11-4-2-3-10(16)14(11)15(21)18(8)12-6-5-9(19)7-13(12)20/h2-4,12H,5-7,16H2,1H3/i1D3,2D,4D,5D,12D. The molecule has 21 heavy (non-hydrogen) atoms. The summed E-state index contributed by atoms with van der Waals surface area (Å²) in [6, 6.07) is -2.42. The first-order valence-electron chi connectivity index (χ1n) is 9.68. The van der Waals surface area contributed by atoms with Gasteiger partial charge in [0.05, 0.1) is 27.5 Å². The highest BCUT2D eigenvalue weighted by atomic mass is 16.2. The van der Waals surface area contributed by atoms with Crippen LogP contribution in [-0.2, 0) is 9.59 Å². The minimum Gasteiger partial charge on any atom is -0.398 e. The van der Waals surface area contributed by atoms with Gasteiger partial charge in [0.15, 0.2) is 5.78 Å². The largest absolute Gasteiger partial charge is 0.398 e. The molecule has 0 radical (unpaired) electrons. The molecule has 1 aliphatic rings. The van der Waals surface area contributed by atoms with Gasteiger partial charge in [-0.25, -0.2) is 4.98 Å². The second-order valence-electron chi connectivity index (χ2n) is 4.59. The van der Waals surface area contributed by atoms with E-state index in [1.165, 1.54) is 0 Å². The molecule has 2 N–H and O–H groups in total. The van der Waals surface area contributed by atoms with E-state index < -0.39 is 72.0 Å². The molecule has 1 fully saturated rings. The molecule has 0 amide bonds. The number of nitrogen functional groups attached to an aromatic ring is 1. The average Bonchev–Trinajstić information content (AvgIpc) is 2.56. The molecule has 2 unspecified atom stereocenters. The number of hydrogen-bond acceptors (Lipinski definition) is 5. The lowest BCUT2D eigenvalue weighted by molar-refractivity contribution is -0.132. The predicted molar refractivity (Wildman–Crippen MR) is 78.1 cm³/mol. The number of nitrogens with zero attached hydrogens (tertiary/aromatic N) is 2. The predicted octanol–water partition coefficient (Wildman–Crippen LogP) is 1.15. The van der Waals surface area contributed by atoms with Crippen molar-refractivity contribution in [3.63, 3.8) is 0 Å². The van der Waals surface area contributed by atoms with Crippen LogP contribution in [0.4, 0.5) is 5.69 Å². The van der Waals surface area contributed by atoms with Gasteiger partial charge in [-0.05, 0) is 25.4 Å². The minimum atomic E-state index is -3.06. The van der Waals surface area contributed by atoms with Crippen LogP contribution in [0.2, 0.25) is 0 Å². The number of Topliss-reactive ketones (excluding diaryl/α,β-unsaturated/α-hetero) is 2. The maximum Gasteiger partial charge on any atom is 0.264 e. The van der Waals surface area contributed by atoms with Gasteiger partial charge < -0.3 is 5.73 Å². The molecule has 0 bridgehead atoms. The number of benzene rings is 1. The van der Waals surface area contributed by atoms with E-state index in [2.05, 4.69) is 4.98 Å². The zero-order valence-corrected chi connectivity index (χ0v) is 10.8. The second kappa shape index (κ2) is 4.80. The van der Waals surface area contributed by atoms with Gasteiger partial charge in [0, 0.05) is 17.6 Å². The van der Waals surface area contributed by atoms with Crippen LogP contribution >= 0.6 is 0 Å². The zero-order valence-electron chi connectivity index (χ0n) is 17.8. The maximum atomic E-state index is 13.1. The normalized spacial score (nSPS) is 31.6. The summed E-state index contributed by atoms with van der Waals surface area (Å²) in [5.74, 6) is -2.69. The van der Waals surface area contributed by atoms with Crippen LogP contribution in [0.5, 0.6) is 0 Å². The van der Waals surface area contributed by atoms with Gasteiger partial charge in [0.25, 0.3) is 5.56 Å². The Labute approximate surface area is 130 Å². The van der Waals surface area contributed by atoms with E-state index in [0.717, 1.165) is 6.07 Å². The maximum absolute atomic E-state index is 13.1. The van der Waals surface area contributed by atoms with E-state index >= 15 is 0 Å². The third-order valence-corrected chi connectivity index (χ3v) is 3.24. The fourth-order valence-corrected chi connectivity index (χ4v) is 2.25. The lowest BCUT2D eigenvalue weighted by atomic mass is 9.92. The van der Waals surface area contributed by atoms with Crippen LogP contribution in [0.1, 0.15) is 40.7 Å². The topological polar surface area (TPSA) is 95.0 Å². The lowest BCUT2D eigenvalue weighted by Gasteiger charge is -2.24. The number of aromatic nitrogens is 2. The van der Waals surface area contributed by atoms with Crippen molar-refractivity contribution in [1.29, 1.82) is 0 Å². The van der Waals surface area contributed by atoms with Gasteiger partial charge >= 0.3 is 0 Å². The van der Waals surface area contributed by atoms with Gasteiger partial charge in [0.2, 0.25) is 0 Å². The summed E-state index contributed by atoms with van der Waals surface area (Å²) < 4.78 is 55.3. The quantitative estimate of drug-likeness (QED) is 0.628. The highest BCUT2D eigenvalue weighted by Crippen LogP contribution is 2.24. The first kappa shape index (κ1) is 7.49. The number of aryl methyl sites for hydroxylation is 1. The Bertz CT molecular complexity index is 1100. The molecule has 6 nitrogen and oxygen atoms in total. The minimum absolute atomic E-state index is 0.260. The number of carbonyl (C=O) groups is 2. The molecule has 2 atom stereocenters. The Morgan fingerprint density at radius 1 is 1.57 bits per heavy atom. The number of nitrogens with two attached hydrogens (primary N) is 1. The molecule has 2 aromatic rings. The third kappa shape index (κ3) is 2.12. The average molecular weight is 292 g/mol. The molecule has 108 valence electrons. The Balaban J connectivity index is 2.49. The number of rotatable bonds is 1. The summed E-state index contributed by atoms with van der Waals surface area (Å²) in [6.07, 6.45) is -2.99. The van der Waals surface area contributed by atoms with Gasteiger partial charge in [-0.3, -0.25) is 19.0 Å². The van der Waals surface area contributed by atoms with Gasteiger partial charge in [-0.15, -0.1) is 0 Å². The second-order valence-corrected chi connectivity index (χ2v) is 4.59. The molecule has 1 aromatic carbocycles. The summed E-state index contributed by atoms with van der Waals surface area (Å²) in [6.45, 7) is -3.06. The van der Waals surface area contributed by atoms with Crippen molar-refractivity contribution in [2.45, 2.75) is 32.1 Å². The van der Waals surface area contributed by atoms with Crippen molar-refractivity contribution < 1.29 is 19.2 Å². The van der Waals surface area contributed by atoms with Gasteiger partial charge in [-0.2, -0.15) is 0 Å². The highest BCUT2D eigenvalue weighted by molar-refractivity contribution is 6.03. The van der Waals surface area contributed by atoms with E-state index in [4.69, 9.17) is 15.3 Å². The molecule has 0 saturated heterocycles. The zero-order chi connectivity index (χ0) is 21.2. The molecule has 6 heteroatoms. The highest BCUT2D eigenvalue weighted by Gasteiger charge is 2.30. The van der Waals surface area contributed by atoms with E-state index in [1.54, 1.807) is 0 Å². The first-order chi connectivity index (χ1) is 12.8. The number of anilines is 1. The molecule has 0 aliphatic heterocycles. The summed E-state index contributed by atoms with van der Waals surface area (Å²) in [7, 11) is 0. The Hall–Kier alpha value is -2.50. The summed E-state index contributed by atoms with van der Waals surface area (Å²) in [5, 5.41) is -0.396. The monoisotopic (exact) mass is 292 g/mol. The van der Waals surface area contributed by atoms with Crippen molar-refractivity contribution in [2.75, 3.05) is 5.73 Å². The Kier molecular flexibility index (Phi) is 1.71. The van der Waals surface area contributed by atoms with E-state index in [9.17, 15) is 14.4 Å². The van der Waals surface area contributed by atoms with Crippen LogP contribution in [0, 0.1) is 6.85 Å². The molecular formula is C15H15N3O3. The molecular weight excluding hydrogens is 270 g/mol. The molecule has 1 heterocycles. The molecule has 1 aromatic heterocycles. The fourth-order valence-electron chi connectivity index (χ4n) is 2.25. The van der Waals surface area contributed by atoms with Crippen LogP contribution in [0.3, 0.4) is 0 Å². The van der Waals surface area contributed by atoms with Gasteiger partial charge in [0.1, 0.15) is 11.6 Å². The van der Waals surface area contributed by atoms with E-state index in [0.29, 0.717) is 4.57 Å². The number of ketones is 2. The summed E-state index contributed by atoms with van der Waals surface area (Å²) in [5.41, 5.74) is 3.94. The third-order valence-electron chi connectivity index (χ3n) is 3.24. The lowest BCUT2D eigenvalue weighted by Crippen LogP contribution is -2.36. The van der Waals surface area contributed by atoms with Crippen LogP contribution in [-0.4, -0.2) is 21.1 Å². The number of hydrogen-bond donors (Lipinski definition) is 1. The Morgan fingerprint density at radius 2 is 2.38 bits per heavy atom. The summed E-state index contributed by atoms with van der Waals surface area (Å²) >= 11 is 0. The smallest absolute Gasteiger partial charge is 0.264 e. The number of fused-ring (bicyclic) bond motifs is 1. The molecule has 1 aliphatic carbocycles.